The molecule has 0 spiro atoms. The van der Waals surface area contributed by atoms with Crippen LogP contribution in [0.4, 0.5) is 0 Å². The van der Waals surface area contributed by atoms with Gasteiger partial charge in [-0.25, -0.2) is 0 Å². The maximum atomic E-state index is 3.68. The summed E-state index contributed by atoms with van der Waals surface area (Å²) in [5.41, 5.74) is 0. The van der Waals surface area contributed by atoms with E-state index in [-0.39, 0.29) is 0 Å². The second-order valence-electron chi connectivity index (χ2n) is 7.43. The zero-order valence-corrected chi connectivity index (χ0v) is 16.3. The fourth-order valence-electron chi connectivity index (χ4n) is 3.95. The predicted octanol–water partition coefficient (Wildman–Crippen LogP) is 6.69. The molecule has 0 N–H and O–H groups in total. The van der Waals surface area contributed by atoms with E-state index in [4.69, 9.17) is 0 Å². The quantitative estimate of drug-likeness (QED) is 0.503. The minimum Gasteiger partial charge on any atom is -0.113 e. The summed E-state index contributed by atoms with van der Waals surface area (Å²) in [6.07, 6.45) is 16.4. The van der Waals surface area contributed by atoms with Gasteiger partial charge in [-0.1, -0.05) is 64.2 Å². The van der Waals surface area contributed by atoms with Crippen molar-refractivity contribution in [3.8, 4) is 22.3 Å². The smallest absolute Gasteiger partial charge is 0.0126 e. The summed E-state index contributed by atoms with van der Waals surface area (Å²) < 4.78 is 0. The van der Waals surface area contributed by atoms with Crippen LogP contribution < -0.4 is 0 Å². The van der Waals surface area contributed by atoms with Gasteiger partial charge in [-0.05, 0) is 59.5 Å². The van der Waals surface area contributed by atoms with Gasteiger partial charge in [-0.15, -0.1) is 10.0 Å². The first-order valence-electron chi connectivity index (χ1n) is 10.1. The zero-order valence-electron chi connectivity index (χ0n) is 15.5. The lowest BCUT2D eigenvalue weighted by molar-refractivity contribution is 0.365. The number of hydrogen-bond acceptors (Lipinski definition) is 0. The Hall–Kier alpha value is -0.530. The Kier molecular flexibility index (Phi) is 8.47. The van der Waals surface area contributed by atoms with Crippen molar-refractivity contribution in [2.24, 2.45) is 11.8 Å². The van der Waals surface area contributed by atoms with Crippen LogP contribution in [0.2, 0.25) is 0 Å². The van der Waals surface area contributed by atoms with Crippen LogP contribution in [0, 0.1) is 34.2 Å². The van der Waals surface area contributed by atoms with Crippen LogP contribution in [0.5, 0.6) is 0 Å². The maximum absolute atomic E-state index is 3.68. The molecule has 0 amide bonds. The van der Waals surface area contributed by atoms with E-state index in [1.807, 2.05) is 0 Å². The fraction of sp³-hybridized carbons (Fsp3) is 0.818. The molecule has 2 aliphatic rings. The Morgan fingerprint density at radius 2 is 1.04 bits per heavy atom. The summed E-state index contributed by atoms with van der Waals surface area (Å²) in [6.45, 7) is 4.59. The molecule has 0 nitrogen and oxygen atoms in total. The van der Waals surface area contributed by atoms with Gasteiger partial charge in [0.15, 0.2) is 0 Å². The van der Waals surface area contributed by atoms with Gasteiger partial charge < -0.3 is 0 Å². The lowest BCUT2D eigenvalue weighted by Crippen LogP contribution is -2.06. The minimum atomic E-state index is -0.996. The van der Waals surface area contributed by atoms with Crippen molar-refractivity contribution in [2.45, 2.75) is 90.9 Å². The fourth-order valence-corrected chi connectivity index (χ4v) is 5.71. The normalized spacial score (nSPS) is 21.0. The molecule has 0 saturated heterocycles. The Morgan fingerprint density at radius 3 is 1.39 bits per heavy atom. The van der Waals surface area contributed by atoms with Crippen LogP contribution in [-0.4, -0.2) is 11.5 Å². The molecule has 23 heavy (non-hydrogen) atoms. The summed E-state index contributed by atoms with van der Waals surface area (Å²) in [6, 6.07) is 0. The van der Waals surface area contributed by atoms with E-state index in [2.05, 4.69) is 36.2 Å². The average molecular weight is 333 g/mol. The van der Waals surface area contributed by atoms with Crippen LogP contribution in [0.25, 0.3) is 0 Å². The molecule has 2 aliphatic carbocycles. The molecule has 0 heterocycles. The molecule has 1 heteroatoms. The van der Waals surface area contributed by atoms with Gasteiger partial charge >= 0.3 is 0 Å². The molecule has 0 bridgehead atoms. The summed E-state index contributed by atoms with van der Waals surface area (Å²) >= 11 is 0. The highest BCUT2D eigenvalue weighted by Gasteiger charge is 2.16. The van der Waals surface area contributed by atoms with Crippen molar-refractivity contribution in [3.05, 3.63) is 0 Å². The summed E-state index contributed by atoms with van der Waals surface area (Å²) in [5.74, 6) is 11.2. The first-order valence-corrected chi connectivity index (χ1v) is 12.0. The summed E-state index contributed by atoms with van der Waals surface area (Å²) in [7, 11) is -0.996. The molecule has 0 aliphatic heterocycles. The van der Waals surface area contributed by atoms with Crippen molar-refractivity contribution in [1.82, 2.24) is 0 Å². The third kappa shape index (κ3) is 6.47. The lowest BCUT2D eigenvalue weighted by Gasteiger charge is -2.25. The standard InChI is InChI=1S/C22H36S/c1-3-23(4-2,19-11-17-21-13-7-5-8-14-21)20-12-18-22-15-9-6-10-16-22/h21-22H,3-10,13-18H2,1-2H3. The van der Waals surface area contributed by atoms with E-state index in [0.29, 0.717) is 0 Å². The van der Waals surface area contributed by atoms with E-state index in [0.717, 1.165) is 36.2 Å². The molecule has 2 fully saturated rings. The largest absolute Gasteiger partial charge is 0.113 e. The monoisotopic (exact) mass is 332 g/mol. The molecule has 2 saturated carbocycles. The first-order chi connectivity index (χ1) is 11.3. The SMILES string of the molecule is CCS(C#CCC1CCCCC1)(C#CCC1CCCCC1)CC. The topological polar surface area (TPSA) is 0 Å². The molecular formula is C22H36S. The Balaban J connectivity index is 1.89. The minimum absolute atomic E-state index is 0.872. The van der Waals surface area contributed by atoms with Crippen molar-refractivity contribution in [2.75, 3.05) is 11.5 Å². The average Bonchev–Trinajstić information content (AvgIpc) is 2.62. The third-order valence-electron chi connectivity index (χ3n) is 5.75. The highest BCUT2D eigenvalue weighted by atomic mass is 32.3. The van der Waals surface area contributed by atoms with E-state index < -0.39 is 10.0 Å². The van der Waals surface area contributed by atoms with Gasteiger partial charge in [0.2, 0.25) is 0 Å². The van der Waals surface area contributed by atoms with Gasteiger partial charge in [0.05, 0.1) is 0 Å². The van der Waals surface area contributed by atoms with E-state index in [1.165, 1.54) is 64.2 Å². The Morgan fingerprint density at radius 1 is 0.652 bits per heavy atom. The van der Waals surface area contributed by atoms with Crippen LogP contribution in [0.1, 0.15) is 90.9 Å². The highest BCUT2D eigenvalue weighted by Crippen LogP contribution is 2.45. The maximum Gasteiger partial charge on any atom is 0.0126 e. The summed E-state index contributed by atoms with van der Waals surface area (Å²) in [4.78, 5) is 0. The first kappa shape index (κ1) is 18.8. The van der Waals surface area contributed by atoms with Crippen molar-refractivity contribution in [3.63, 3.8) is 0 Å². The van der Waals surface area contributed by atoms with Gasteiger partial charge in [-0.2, -0.15) is 0 Å². The van der Waals surface area contributed by atoms with Gasteiger partial charge in [0.1, 0.15) is 0 Å². The lowest BCUT2D eigenvalue weighted by atomic mass is 9.87. The van der Waals surface area contributed by atoms with Crippen LogP contribution in [-0.2, 0) is 0 Å². The van der Waals surface area contributed by atoms with Gasteiger partial charge in [0.25, 0.3) is 0 Å². The predicted molar refractivity (Wildman–Crippen MR) is 107 cm³/mol. The Bertz CT molecular complexity index is 400. The molecule has 0 aromatic rings. The number of hydrogen-bond donors (Lipinski definition) is 0. The summed E-state index contributed by atoms with van der Waals surface area (Å²) in [5, 5.41) is 7.35. The molecule has 130 valence electrons. The van der Waals surface area contributed by atoms with Crippen molar-refractivity contribution < 1.29 is 0 Å². The zero-order chi connectivity index (χ0) is 16.4. The molecule has 0 radical (unpaired) electrons. The van der Waals surface area contributed by atoms with Crippen LogP contribution in [0.3, 0.4) is 0 Å². The van der Waals surface area contributed by atoms with Crippen LogP contribution in [0.15, 0.2) is 0 Å². The highest BCUT2D eigenvalue weighted by molar-refractivity contribution is 8.41. The second-order valence-corrected chi connectivity index (χ2v) is 10.8. The van der Waals surface area contributed by atoms with E-state index >= 15 is 0 Å². The molecule has 0 unspecified atom stereocenters. The van der Waals surface area contributed by atoms with Crippen molar-refractivity contribution in [1.29, 1.82) is 0 Å². The molecule has 0 atom stereocenters. The van der Waals surface area contributed by atoms with Crippen LogP contribution >= 0.6 is 10.0 Å². The van der Waals surface area contributed by atoms with E-state index in [9.17, 15) is 0 Å². The molecular weight excluding hydrogens is 296 g/mol. The Labute approximate surface area is 146 Å². The molecule has 0 aromatic heterocycles. The van der Waals surface area contributed by atoms with Gasteiger partial charge in [-0.3, -0.25) is 0 Å². The van der Waals surface area contributed by atoms with Crippen molar-refractivity contribution >= 4 is 10.0 Å². The molecule has 0 aromatic carbocycles. The third-order valence-corrected chi connectivity index (χ3v) is 8.79. The molecule has 2 rings (SSSR count). The second kappa shape index (κ2) is 10.4. The van der Waals surface area contributed by atoms with E-state index in [1.54, 1.807) is 0 Å². The van der Waals surface area contributed by atoms with Gasteiger partial charge in [0, 0.05) is 12.8 Å². The number of rotatable bonds is 4.